The summed E-state index contributed by atoms with van der Waals surface area (Å²) >= 11 is 0. The van der Waals surface area contributed by atoms with Crippen LogP contribution in [0.15, 0.2) is 91.1 Å². The van der Waals surface area contributed by atoms with Gasteiger partial charge in [0.15, 0.2) is 0 Å². The molecule has 3 nitrogen and oxygen atoms in total. The minimum absolute atomic E-state index is 0.246. The predicted molar refractivity (Wildman–Crippen MR) is 108 cm³/mol. The van der Waals surface area contributed by atoms with Gasteiger partial charge in [0.1, 0.15) is 5.92 Å². The van der Waals surface area contributed by atoms with Gasteiger partial charge in [-0.05, 0) is 22.8 Å². The molecule has 1 aromatic heterocycles. The molecule has 0 saturated carbocycles. The lowest BCUT2D eigenvalue weighted by Crippen LogP contribution is -2.15. The average Bonchev–Trinajstić information content (AvgIpc) is 3.08. The summed E-state index contributed by atoms with van der Waals surface area (Å²) < 4.78 is 7.36. The van der Waals surface area contributed by atoms with Crippen LogP contribution in [-0.4, -0.2) is 17.6 Å². The summed E-state index contributed by atoms with van der Waals surface area (Å²) in [5.41, 5.74) is 4.24. The molecule has 3 aromatic carbocycles. The molecule has 134 valence electrons. The number of para-hydroxylation sites is 1. The first-order chi connectivity index (χ1) is 13.3. The third kappa shape index (κ3) is 3.36. The van der Waals surface area contributed by atoms with Crippen molar-refractivity contribution in [3.63, 3.8) is 0 Å². The zero-order valence-electron chi connectivity index (χ0n) is 15.2. The quantitative estimate of drug-likeness (QED) is 0.472. The van der Waals surface area contributed by atoms with Crippen molar-refractivity contribution in [1.29, 1.82) is 0 Å². The molecule has 27 heavy (non-hydrogen) atoms. The lowest BCUT2D eigenvalue weighted by atomic mass is 9.91. The van der Waals surface area contributed by atoms with Gasteiger partial charge in [0.2, 0.25) is 0 Å². The zero-order valence-corrected chi connectivity index (χ0v) is 15.2. The Morgan fingerprint density at radius 2 is 1.52 bits per heavy atom. The van der Waals surface area contributed by atoms with Crippen molar-refractivity contribution in [3.05, 3.63) is 108 Å². The number of esters is 1. The molecular formula is C24H21NO2. The number of aromatic nitrogens is 1. The zero-order chi connectivity index (χ0) is 18.6. The Bertz CT molecular complexity index is 1050. The number of ether oxygens (including phenoxy) is 1. The first-order valence-corrected chi connectivity index (χ1v) is 9.02. The molecule has 1 heterocycles. The molecule has 0 radical (unpaired) electrons. The molecule has 4 rings (SSSR count). The van der Waals surface area contributed by atoms with Gasteiger partial charge in [-0.15, -0.1) is 0 Å². The summed E-state index contributed by atoms with van der Waals surface area (Å²) in [6, 6.07) is 28.4. The molecule has 0 aliphatic rings. The van der Waals surface area contributed by atoms with E-state index in [1.165, 1.54) is 12.7 Å². The summed E-state index contributed by atoms with van der Waals surface area (Å²) in [6.07, 6.45) is 2.09. The smallest absolute Gasteiger partial charge is 0.317 e. The largest absolute Gasteiger partial charge is 0.468 e. The van der Waals surface area contributed by atoms with Crippen molar-refractivity contribution < 1.29 is 9.53 Å². The van der Waals surface area contributed by atoms with Gasteiger partial charge in [-0.25, -0.2) is 0 Å². The molecule has 0 spiro atoms. The summed E-state index contributed by atoms with van der Waals surface area (Å²) in [4.78, 5) is 12.7. The van der Waals surface area contributed by atoms with Crippen molar-refractivity contribution >= 4 is 16.9 Å². The van der Waals surface area contributed by atoms with E-state index >= 15 is 0 Å². The number of carbonyl (C=O) groups excluding carboxylic acids is 1. The molecule has 1 unspecified atom stereocenters. The van der Waals surface area contributed by atoms with Crippen LogP contribution >= 0.6 is 0 Å². The third-order valence-electron chi connectivity index (χ3n) is 4.90. The number of hydrogen-bond acceptors (Lipinski definition) is 2. The second-order valence-electron chi connectivity index (χ2n) is 6.58. The molecule has 3 heteroatoms. The molecule has 4 aromatic rings. The van der Waals surface area contributed by atoms with Crippen LogP contribution in [0.25, 0.3) is 10.9 Å². The number of hydrogen-bond donors (Lipinski definition) is 0. The molecule has 0 bridgehead atoms. The highest BCUT2D eigenvalue weighted by molar-refractivity contribution is 5.92. The highest BCUT2D eigenvalue weighted by atomic mass is 16.5. The van der Waals surface area contributed by atoms with Crippen molar-refractivity contribution in [1.82, 2.24) is 4.57 Å². The van der Waals surface area contributed by atoms with Crippen LogP contribution < -0.4 is 0 Å². The maximum absolute atomic E-state index is 12.7. The first kappa shape index (κ1) is 17.1. The van der Waals surface area contributed by atoms with E-state index in [-0.39, 0.29) is 5.97 Å². The van der Waals surface area contributed by atoms with Crippen LogP contribution in [0.4, 0.5) is 0 Å². The standard InChI is InChI=1S/C24H21NO2/c1-27-24(26)23(19-12-6-3-7-13-19)21-17-25(16-18-10-4-2-5-11-18)22-15-9-8-14-20(21)22/h2-15,17,23H,16H2,1H3. The van der Waals surface area contributed by atoms with Gasteiger partial charge < -0.3 is 9.30 Å². The third-order valence-corrected chi connectivity index (χ3v) is 4.90. The van der Waals surface area contributed by atoms with Crippen LogP contribution in [0.5, 0.6) is 0 Å². The SMILES string of the molecule is COC(=O)C(c1ccccc1)c1cn(Cc2ccccc2)c2ccccc12. The van der Waals surface area contributed by atoms with E-state index in [0.717, 1.165) is 28.6 Å². The number of nitrogens with zero attached hydrogens (tertiary/aromatic N) is 1. The van der Waals surface area contributed by atoms with Gasteiger partial charge in [0, 0.05) is 23.6 Å². The molecule has 0 aliphatic carbocycles. The van der Waals surface area contributed by atoms with Gasteiger partial charge in [-0.2, -0.15) is 0 Å². The fourth-order valence-corrected chi connectivity index (χ4v) is 3.62. The number of methoxy groups -OCH3 is 1. The number of rotatable bonds is 5. The lowest BCUT2D eigenvalue weighted by molar-refractivity contribution is -0.141. The molecule has 0 amide bonds. The minimum atomic E-state index is -0.446. The minimum Gasteiger partial charge on any atom is -0.468 e. The number of fused-ring (bicyclic) bond motifs is 1. The van der Waals surface area contributed by atoms with Crippen molar-refractivity contribution in [3.8, 4) is 0 Å². The van der Waals surface area contributed by atoms with Gasteiger partial charge in [0.25, 0.3) is 0 Å². The maximum atomic E-state index is 12.7. The normalized spacial score (nSPS) is 12.0. The Morgan fingerprint density at radius 1 is 0.889 bits per heavy atom. The highest BCUT2D eigenvalue weighted by Crippen LogP contribution is 2.33. The summed E-state index contributed by atoms with van der Waals surface area (Å²) in [5.74, 6) is -0.693. The highest BCUT2D eigenvalue weighted by Gasteiger charge is 2.27. The fourth-order valence-electron chi connectivity index (χ4n) is 3.62. The van der Waals surface area contributed by atoms with Crippen molar-refractivity contribution in [2.24, 2.45) is 0 Å². The predicted octanol–water partition coefficient (Wildman–Crippen LogP) is 4.99. The fraction of sp³-hybridized carbons (Fsp3) is 0.125. The molecule has 0 saturated heterocycles. The molecule has 0 aliphatic heterocycles. The van der Waals surface area contributed by atoms with E-state index in [1.54, 1.807) is 0 Å². The van der Waals surface area contributed by atoms with Gasteiger partial charge >= 0.3 is 5.97 Å². The monoisotopic (exact) mass is 355 g/mol. The van der Waals surface area contributed by atoms with Gasteiger partial charge in [0.05, 0.1) is 7.11 Å². The van der Waals surface area contributed by atoms with Gasteiger partial charge in [-0.3, -0.25) is 4.79 Å². The Morgan fingerprint density at radius 3 is 2.22 bits per heavy atom. The average molecular weight is 355 g/mol. The van der Waals surface area contributed by atoms with Crippen LogP contribution in [-0.2, 0) is 16.1 Å². The number of carbonyl (C=O) groups is 1. The Labute approximate surface area is 158 Å². The van der Waals surface area contributed by atoms with Crippen LogP contribution in [0.3, 0.4) is 0 Å². The van der Waals surface area contributed by atoms with E-state index in [2.05, 4.69) is 35.0 Å². The second-order valence-corrected chi connectivity index (χ2v) is 6.58. The summed E-state index contributed by atoms with van der Waals surface area (Å²) in [5, 5.41) is 1.08. The van der Waals surface area contributed by atoms with E-state index in [4.69, 9.17) is 4.74 Å². The molecular weight excluding hydrogens is 334 g/mol. The number of benzene rings is 3. The van der Waals surface area contributed by atoms with Crippen LogP contribution in [0.1, 0.15) is 22.6 Å². The maximum Gasteiger partial charge on any atom is 0.317 e. The van der Waals surface area contributed by atoms with Crippen molar-refractivity contribution in [2.75, 3.05) is 7.11 Å². The Balaban J connectivity index is 1.86. The molecule has 1 atom stereocenters. The van der Waals surface area contributed by atoms with Crippen molar-refractivity contribution in [2.45, 2.75) is 12.5 Å². The van der Waals surface area contributed by atoms with E-state index < -0.39 is 5.92 Å². The molecule has 0 fully saturated rings. The first-order valence-electron chi connectivity index (χ1n) is 9.02. The van der Waals surface area contributed by atoms with E-state index in [0.29, 0.717) is 0 Å². The molecule has 0 N–H and O–H groups in total. The van der Waals surface area contributed by atoms with Crippen LogP contribution in [0, 0.1) is 0 Å². The van der Waals surface area contributed by atoms with E-state index in [9.17, 15) is 4.79 Å². The van der Waals surface area contributed by atoms with E-state index in [1.807, 2.05) is 60.7 Å². The van der Waals surface area contributed by atoms with Crippen LogP contribution in [0.2, 0.25) is 0 Å². The summed E-state index contributed by atoms with van der Waals surface area (Å²) in [7, 11) is 1.45. The Kier molecular flexibility index (Phi) is 4.75. The lowest BCUT2D eigenvalue weighted by Gasteiger charge is -2.14. The Hall–Kier alpha value is -3.33. The second kappa shape index (κ2) is 7.50. The van der Waals surface area contributed by atoms with Gasteiger partial charge in [-0.1, -0.05) is 78.9 Å². The topological polar surface area (TPSA) is 31.2 Å². The summed E-state index contributed by atoms with van der Waals surface area (Å²) in [6.45, 7) is 0.754.